The lowest BCUT2D eigenvalue weighted by molar-refractivity contribution is 0.0627. The summed E-state index contributed by atoms with van der Waals surface area (Å²) in [6.45, 7) is 6.27. The van der Waals surface area contributed by atoms with Crippen LogP contribution in [-0.2, 0) is 6.54 Å². The molecule has 184 valence electrons. The van der Waals surface area contributed by atoms with E-state index >= 15 is 0 Å². The maximum Gasteiger partial charge on any atom is 0.255 e. The molecule has 35 heavy (non-hydrogen) atoms. The summed E-state index contributed by atoms with van der Waals surface area (Å²) in [7, 11) is 3.79. The van der Waals surface area contributed by atoms with Crippen molar-refractivity contribution in [1.82, 2.24) is 4.90 Å². The molecule has 3 aromatic rings. The fourth-order valence-corrected chi connectivity index (χ4v) is 3.79. The first-order valence-electron chi connectivity index (χ1n) is 11.5. The molecule has 1 N–H and O–H groups in total. The van der Waals surface area contributed by atoms with Crippen molar-refractivity contribution in [1.29, 1.82) is 0 Å². The zero-order valence-corrected chi connectivity index (χ0v) is 20.7. The average Bonchev–Trinajstić information content (AvgIpc) is 2.81. The summed E-state index contributed by atoms with van der Waals surface area (Å²) in [6.07, 6.45) is 0. The zero-order chi connectivity index (χ0) is 25.7. The van der Waals surface area contributed by atoms with E-state index in [2.05, 4.69) is 5.32 Å². The van der Waals surface area contributed by atoms with Crippen molar-refractivity contribution in [3.63, 3.8) is 0 Å². The van der Waals surface area contributed by atoms with Gasteiger partial charge in [0.25, 0.3) is 11.8 Å². The van der Waals surface area contributed by atoms with Crippen LogP contribution in [0.5, 0.6) is 0 Å². The van der Waals surface area contributed by atoms with E-state index < -0.39 is 17.5 Å². The maximum atomic E-state index is 13.8. The van der Waals surface area contributed by atoms with Gasteiger partial charge in [-0.3, -0.25) is 9.59 Å². The van der Waals surface area contributed by atoms with Gasteiger partial charge in [-0.1, -0.05) is 26.0 Å². The van der Waals surface area contributed by atoms with Crippen LogP contribution in [0.3, 0.4) is 0 Å². The van der Waals surface area contributed by atoms with Crippen molar-refractivity contribution >= 4 is 23.2 Å². The molecular weight excluding hydrogens is 448 g/mol. The largest absolute Gasteiger partial charge is 0.377 e. The van der Waals surface area contributed by atoms with E-state index in [0.29, 0.717) is 5.69 Å². The first kappa shape index (κ1) is 25.9. The Bertz CT molecular complexity index is 1210. The van der Waals surface area contributed by atoms with E-state index in [0.717, 1.165) is 11.3 Å². The lowest BCUT2D eigenvalue weighted by Crippen LogP contribution is -2.41. The molecule has 2 amide bonds. The summed E-state index contributed by atoms with van der Waals surface area (Å²) in [6, 6.07) is 16.5. The minimum Gasteiger partial charge on any atom is -0.377 e. The van der Waals surface area contributed by atoms with Gasteiger partial charge in [0, 0.05) is 49.2 Å². The number of rotatable bonds is 8. The molecule has 7 heteroatoms. The highest BCUT2D eigenvalue weighted by Gasteiger charge is 2.25. The molecule has 0 saturated heterocycles. The number of hydrogen-bond acceptors (Lipinski definition) is 3. The molecule has 3 aromatic carbocycles. The van der Waals surface area contributed by atoms with Crippen LogP contribution in [0.2, 0.25) is 0 Å². The van der Waals surface area contributed by atoms with Crippen LogP contribution < -0.4 is 10.2 Å². The molecule has 0 radical (unpaired) electrons. The van der Waals surface area contributed by atoms with Gasteiger partial charge in [0.1, 0.15) is 11.6 Å². The van der Waals surface area contributed by atoms with E-state index in [1.54, 1.807) is 17.0 Å². The van der Waals surface area contributed by atoms with Gasteiger partial charge in [0.05, 0.1) is 0 Å². The van der Waals surface area contributed by atoms with Gasteiger partial charge in [0.15, 0.2) is 0 Å². The molecule has 0 aromatic heterocycles. The summed E-state index contributed by atoms with van der Waals surface area (Å²) in [5.41, 5.74) is 2.69. The number of carbonyl (C=O) groups excluding carboxylic acids is 2. The number of hydrogen-bond donors (Lipinski definition) is 1. The van der Waals surface area contributed by atoms with E-state index in [1.165, 1.54) is 42.5 Å². The molecule has 0 saturated carbocycles. The molecule has 0 bridgehead atoms. The maximum absolute atomic E-state index is 13.8. The quantitative estimate of drug-likeness (QED) is 0.433. The second-order valence-electron chi connectivity index (χ2n) is 9.13. The first-order valence-corrected chi connectivity index (χ1v) is 11.5. The van der Waals surface area contributed by atoms with Crippen molar-refractivity contribution in [2.45, 2.75) is 33.4 Å². The third-order valence-corrected chi connectivity index (χ3v) is 6.04. The van der Waals surface area contributed by atoms with Gasteiger partial charge >= 0.3 is 0 Å². The van der Waals surface area contributed by atoms with Crippen LogP contribution >= 0.6 is 0 Å². The Hall–Kier alpha value is -3.74. The van der Waals surface area contributed by atoms with Crippen LogP contribution in [0.15, 0.2) is 66.7 Å². The Labute approximate surface area is 205 Å². The van der Waals surface area contributed by atoms with Crippen molar-refractivity contribution in [2.75, 3.05) is 24.3 Å². The normalized spacial score (nSPS) is 11.8. The van der Waals surface area contributed by atoms with Gasteiger partial charge in [-0.05, 0) is 73.0 Å². The monoisotopic (exact) mass is 479 g/mol. The van der Waals surface area contributed by atoms with Crippen LogP contribution in [0.25, 0.3) is 0 Å². The average molecular weight is 480 g/mol. The van der Waals surface area contributed by atoms with E-state index in [9.17, 15) is 18.4 Å². The van der Waals surface area contributed by atoms with Gasteiger partial charge < -0.3 is 15.1 Å². The molecule has 0 unspecified atom stereocenters. The van der Waals surface area contributed by atoms with Gasteiger partial charge in [0.2, 0.25) is 0 Å². The highest BCUT2D eigenvalue weighted by molar-refractivity contribution is 6.04. The van der Waals surface area contributed by atoms with Crippen LogP contribution in [0.4, 0.5) is 20.2 Å². The van der Waals surface area contributed by atoms with Gasteiger partial charge in [-0.2, -0.15) is 0 Å². The van der Waals surface area contributed by atoms with Crippen molar-refractivity contribution in [2.24, 2.45) is 5.92 Å². The van der Waals surface area contributed by atoms with E-state index in [-0.39, 0.29) is 35.5 Å². The van der Waals surface area contributed by atoms with Gasteiger partial charge in [-0.25, -0.2) is 8.78 Å². The lowest BCUT2D eigenvalue weighted by Gasteiger charge is -2.33. The smallest absolute Gasteiger partial charge is 0.255 e. The van der Waals surface area contributed by atoms with Crippen molar-refractivity contribution < 1.29 is 18.4 Å². The molecule has 0 aliphatic carbocycles. The Balaban J connectivity index is 1.96. The van der Waals surface area contributed by atoms with E-state index in [4.69, 9.17) is 0 Å². The molecule has 0 spiro atoms. The number of benzene rings is 3. The number of amides is 2. The molecule has 0 fully saturated rings. The highest BCUT2D eigenvalue weighted by Crippen LogP contribution is 2.27. The number of halogens is 2. The van der Waals surface area contributed by atoms with Crippen molar-refractivity contribution in [3.05, 3.63) is 95.1 Å². The highest BCUT2D eigenvalue weighted by atomic mass is 19.1. The second-order valence-corrected chi connectivity index (χ2v) is 9.13. The molecule has 0 aliphatic rings. The zero-order valence-electron chi connectivity index (χ0n) is 20.7. The number of nitrogens with one attached hydrogen (secondary N) is 1. The predicted molar refractivity (Wildman–Crippen MR) is 136 cm³/mol. The first-order chi connectivity index (χ1) is 16.6. The molecule has 0 aliphatic heterocycles. The molecule has 5 nitrogen and oxygen atoms in total. The molecule has 3 rings (SSSR count). The third-order valence-electron chi connectivity index (χ3n) is 6.04. The summed E-state index contributed by atoms with van der Waals surface area (Å²) in [5.74, 6) is -1.51. The van der Waals surface area contributed by atoms with Gasteiger partial charge in [-0.15, -0.1) is 0 Å². The molecular formula is C28H31F2N3O2. The fraction of sp³-hybridized carbons (Fsp3) is 0.286. The minimum atomic E-state index is -0.490. The van der Waals surface area contributed by atoms with Crippen LogP contribution in [-0.4, -0.2) is 36.9 Å². The summed E-state index contributed by atoms with van der Waals surface area (Å²) in [4.78, 5) is 29.8. The number of anilines is 2. The fourth-order valence-electron chi connectivity index (χ4n) is 3.79. The summed E-state index contributed by atoms with van der Waals surface area (Å²) in [5, 5.41) is 2.81. The Morgan fingerprint density at radius 2 is 1.46 bits per heavy atom. The SMILES string of the molecule is CC(C)[C@@H](C)N(Cc1cc(NC(=O)c2cccc(F)c2)ccc1N(C)C)C(=O)c1cccc(F)c1. The number of carbonyl (C=O) groups is 2. The van der Waals surface area contributed by atoms with Crippen molar-refractivity contribution in [3.8, 4) is 0 Å². The Kier molecular flexibility index (Phi) is 8.22. The topological polar surface area (TPSA) is 52.7 Å². The third kappa shape index (κ3) is 6.44. The molecule has 0 heterocycles. The van der Waals surface area contributed by atoms with E-state index in [1.807, 2.05) is 51.9 Å². The molecule has 1 atom stereocenters. The Morgan fingerprint density at radius 3 is 2.03 bits per heavy atom. The van der Waals surface area contributed by atoms with Crippen LogP contribution in [0, 0.1) is 17.6 Å². The second kappa shape index (κ2) is 11.1. The summed E-state index contributed by atoms with van der Waals surface area (Å²) >= 11 is 0. The Morgan fingerprint density at radius 1 is 0.857 bits per heavy atom. The van der Waals surface area contributed by atoms with Crippen LogP contribution in [0.1, 0.15) is 47.1 Å². The lowest BCUT2D eigenvalue weighted by atomic mass is 10.0. The predicted octanol–water partition coefficient (Wildman–Crippen LogP) is 5.97. The minimum absolute atomic E-state index is 0.133. The standard InChI is InChI=1S/C28H31F2N3O2/c1-18(2)19(3)33(28(35)21-9-7-11-24(30)15-21)17-22-16-25(12-13-26(22)32(4)5)31-27(34)20-8-6-10-23(29)14-20/h6-16,18-19H,17H2,1-5H3,(H,31,34)/t19-/m1/s1. The number of nitrogens with zero attached hydrogens (tertiary/aromatic N) is 2. The summed E-state index contributed by atoms with van der Waals surface area (Å²) < 4.78 is 27.4.